The Labute approximate surface area is 107 Å². The van der Waals surface area contributed by atoms with E-state index in [1.807, 2.05) is 42.5 Å². The van der Waals surface area contributed by atoms with Crippen LogP contribution in [0.3, 0.4) is 0 Å². The fourth-order valence-corrected chi connectivity index (χ4v) is 1.74. The number of hydrazine groups is 1. The van der Waals surface area contributed by atoms with Crippen LogP contribution in [-0.4, -0.2) is 18.0 Å². The number of likely N-dealkylation sites (N-methyl/N-ethyl adjacent to an activating group) is 1. The molecule has 0 atom stereocenters. The summed E-state index contributed by atoms with van der Waals surface area (Å²) in [6.07, 6.45) is 0.335. The first kappa shape index (κ1) is 12.3. The quantitative estimate of drug-likeness (QED) is 0.508. The number of benzene rings is 2. The van der Waals surface area contributed by atoms with Crippen molar-refractivity contribution in [2.24, 2.45) is 5.84 Å². The van der Waals surface area contributed by atoms with Crippen molar-refractivity contribution in [2.75, 3.05) is 7.05 Å². The second-order valence-electron chi connectivity index (χ2n) is 4.24. The van der Waals surface area contributed by atoms with E-state index >= 15 is 0 Å². The molecule has 0 saturated heterocycles. The molecule has 18 heavy (non-hydrogen) atoms. The van der Waals surface area contributed by atoms with Gasteiger partial charge in [-0.05, 0) is 16.7 Å². The van der Waals surface area contributed by atoms with Crippen molar-refractivity contribution in [2.45, 2.75) is 6.42 Å². The number of carbonyl (C=O) groups excluding carboxylic acids is 1. The van der Waals surface area contributed by atoms with E-state index in [2.05, 4.69) is 12.1 Å². The monoisotopic (exact) mass is 240 g/mol. The van der Waals surface area contributed by atoms with E-state index in [4.69, 9.17) is 5.84 Å². The zero-order valence-corrected chi connectivity index (χ0v) is 10.3. The summed E-state index contributed by atoms with van der Waals surface area (Å²) in [4.78, 5) is 11.5. The van der Waals surface area contributed by atoms with E-state index in [0.717, 1.165) is 16.1 Å². The Balaban J connectivity index is 2.13. The molecule has 92 valence electrons. The summed E-state index contributed by atoms with van der Waals surface area (Å²) < 4.78 is 0. The third-order valence-electron chi connectivity index (χ3n) is 2.81. The van der Waals surface area contributed by atoms with Gasteiger partial charge >= 0.3 is 0 Å². The summed E-state index contributed by atoms with van der Waals surface area (Å²) in [7, 11) is 1.56. The lowest BCUT2D eigenvalue weighted by atomic mass is 10.0. The summed E-state index contributed by atoms with van der Waals surface area (Å²) in [5.74, 6) is 5.29. The van der Waals surface area contributed by atoms with Gasteiger partial charge < -0.3 is 0 Å². The van der Waals surface area contributed by atoms with Crippen molar-refractivity contribution in [3.63, 3.8) is 0 Å². The molecule has 0 spiro atoms. The highest BCUT2D eigenvalue weighted by atomic mass is 16.2. The van der Waals surface area contributed by atoms with Gasteiger partial charge in [0, 0.05) is 7.05 Å². The standard InChI is InChI=1S/C15H16N2O/c1-17(16)15(18)11-12-7-9-14(10-8-12)13-5-3-2-4-6-13/h2-10H,11,16H2,1H3. The van der Waals surface area contributed by atoms with Gasteiger partial charge in [-0.3, -0.25) is 9.80 Å². The number of amides is 1. The topological polar surface area (TPSA) is 46.3 Å². The highest BCUT2D eigenvalue weighted by Gasteiger charge is 2.06. The molecule has 0 aliphatic heterocycles. The van der Waals surface area contributed by atoms with Crippen LogP contribution in [0, 0.1) is 0 Å². The lowest BCUT2D eigenvalue weighted by Gasteiger charge is -2.10. The molecule has 0 saturated carbocycles. The first-order valence-corrected chi connectivity index (χ1v) is 5.82. The molecule has 0 heterocycles. The SMILES string of the molecule is CN(N)C(=O)Cc1ccc(-c2ccccc2)cc1. The predicted molar refractivity (Wildman–Crippen MR) is 72.5 cm³/mol. The molecule has 0 aliphatic rings. The van der Waals surface area contributed by atoms with Gasteiger partial charge in [0.2, 0.25) is 5.91 Å². The molecule has 2 aromatic carbocycles. The number of rotatable bonds is 3. The number of hydrogen-bond acceptors (Lipinski definition) is 2. The Bertz CT molecular complexity index is 518. The van der Waals surface area contributed by atoms with Crippen LogP contribution in [0.5, 0.6) is 0 Å². The molecular weight excluding hydrogens is 224 g/mol. The van der Waals surface area contributed by atoms with Crippen LogP contribution < -0.4 is 5.84 Å². The fourth-order valence-electron chi connectivity index (χ4n) is 1.74. The maximum Gasteiger partial charge on any atom is 0.240 e. The molecule has 0 fully saturated rings. The Morgan fingerprint density at radius 2 is 1.56 bits per heavy atom. The van der Waals surface area contributed by atoms with E-state index in [-0.39, 0.29) is 5.91 Å². The Hall–Kier alpha value is -2.13. The van der Waals surface area contributed by atoms with Gasteiger partial charge in [-0.25, -0.2) is 5.84 Å². The van der Waals surface area contributed by atoms with Crippen LogP contribution in [0.2, 0.25) is 0 Å². The largest absolute Gasteiger partial charge is 0.284 e. The summed E-state index contributed by atoms with van der Waals surface area (Å²) in [6.45, 7) is 0. The number of nitrogens with two attached hydrogens (primary N) is 1. The van der Waals surface area contributed by atoms with E-state index < -0.39 is 0 Å². The van der Waals surface area contributed by atoms with Crippen molar-refractivity contribution in [1.29, 1.82) is 0 Å². The van der Waals surface area contributed by atoms with Gasteiger partial charge in [0.1, 0.15) is 0 Å². The molecule has 0 aliphatic carbocycles. The smallest absolute Gasteiger partial charge is 0.240 e. The Morgan fingerprint density at radius 3 is 2.11 bits per heavy atom. The number of hydrogen-bond donors (Lipinski definition) is 1. The van der Waals surface area contributed by atoms with Gasteiger partial charge in [-0.2, -0.15) is 0 Å². The molecule has 0 bridgehead atoms. The van der Waals surface area contributed by atoms with Crippen molar-refractivity contribution >= 4 is 5.91 Å². The molecule has 0 unspecified atom stereocenters. The van der Waals surface area contributed by atoms with Crippen LogP contribution in [0.15, 0.2) is 54.6 Å². The second kappa shape index (κ2) is 5.47. The van der Waals surface area contributed by atoms with E-state index in [0.29, 0.717) is 6.42 Å². The Morgan fingerprint density at radius 1 is 1.00 bits per heavy atom. The summed E-state index contributed by atoms with van der Waals surface area (Å²) in [5.41, 5.74) is 3.29. The van der Waals surface area contributed by atoms with Crippen molar-refractivity contribution in [3.05, 3.63) is 60.2 Å². The highest BCUT2D eigenvalue weighted by molar-refractivity contribution is 5.78. The van der Waals surface area contributed by atoms with Crippen molar-refractivity contribution in [1.82, 2.24) is 5.01 Å². The second-order valence-corrected chi connectivity index (χ2v) is 4.24. The van der Waals surface area contributed by atoms with E-state index in [1.54, 1.807) is 7.05 Å². The lowest BCUT2D eigenvalue weighted by molar-refractivity contribution is -0.129. The normalized spacial score (nSPS) is 10.1. The van der Waals surface area contributed by atoms with E-state index in [1.165, 1.54) is 5.56 Å². The number of nitrogens with zero attached hydrogens (tertiary/aromatic N) is 1. The molecule has 0 radical (unpaired) electrons. The zero-order valence-electron chi connectivity index (χ0n) is 10.3. The predicted octanol–water partition coefficient (Wildman–Crippen LogP) is 2.23. The minimum Gasteiger partial charge on any atom is -0.284 e. The van der Waals surface area contributed by atoms with Crippen LogP contribution in [0.1, 0.15) is 5.56 Å². The van der Waals surface area contributed by atoms with Crippen LogP contribution >= 0.6 is 0 Å². The lowest BCUT2D eigenvalue weighted by Crippen LogP contribution is -2.34. The zero-order chi connectivity index (χ0) is 13.0. The first-order chi connectivity index (χ1) is 8.66. The molecule has 1 amide bonds. The molecule has 2 N–H and O–H groups in total. The fraction of sp³-hybridized carbons (Fsp3) is 0.133. The molecule has 0 aromatic heterocycles. The number of carbonyl (C=O) groups is 1. The molecule has 2 rings (SSSR count). The maximum atomic E-state index is 11.5. The summed E-state index contributed by atoms with van der Waals surface area (Å²) >= 11 is 0. The third-order valence-corrected chi connectivity index (χ3v) is 2.81. The molecular formula is C15H16N2O. The van der Waals surface area contributed by atoms with Crippen LogP contribution in [0.25, 0.3) is 11.1 Å². The third kappa shape index (κ3) is 2.96. The van der Waals surface area contributed by atoms with Gasteiger partial charge in [0.25, 0.3) is 0 Å². The molecule has 2 aromatic rings. The van der Waals surface area contributed by atoms with Gasteiger partial charge in [-0.1, -0.05) is 54.6 Å². The van der Waals surface area contributed by atoms with Crippen LogP contribution in [-0.2, 0) is 11.2 Å². The Kier molecular flexibility index (Phi) is 3.75. The highest BCUT2D eigenvalue weighted by Crippen LogP contribution is 2.19. The van der Waals surface area contributed by atoms with Crippen LogP contribution in [0.4, 0.5) is 0 Å². The maximum absolute atomic E-state index is 11.5. The van der Waals surface area contributed by atoms with Gasteiger partial charge in [-0.15, -0.1) is 0 Å². The average molecular weight is 240 g/mol. The summed E-state index contributed by atoms with van der Waals surface area (Å²) in [5, 5.41) is 1.12. The minimum atomic E-state index is -0.0949. The van der Waals surface area contributed by atoms with Crippen molar-refractivity contribution < 1.29 is 4.79 Å². The van der Waals surface area contributed by atoms with E-state index in [9.17, 15) is 4.79 Å². The minimum absolute atomic E-state index is 0.0949. The molecule has 3 heteroatoms. The van der Waals surface area contributed by atoms with Crippen molar-refractivity contribution in [3.8, 4) is 11.1 Å². The van der Waals surface area contributed by atoms with Gasteiger partial charge in [0.15, 0.2) is 0 Å². The average Bonchev–Trinajstić information content (AvgIpc) is 2.40. The first-order valence-electron chi connectivity index (χ1n) is 5.82. The summed E-state index contributed by atoms with van der Waals surface area (Å²) in [6, 6.07) is 18.1. The van der Waals surface area contributed by atoms with Gasteiger partial charge in [0.05, 0.1) is 6.42 Å². The molecule has 3 nitrogen and oxygen atoms in total.